The van der Waals surface area contributed by atoms with E-state index in [0.717, 1.165) is 5.56 Å². The van der Waals surface area contributed by atoms with Gasteiger partial charge < -0.3 is 15.2 Å². The highest BCUT2D eigenvalue weighted by Gasteiger charge is 2.09. The number of ether oxygens (including phenoxy) is 2. The molecule has 0 saturated heterocycles. The summed E-state index contributed by atoms with van der Waals surface area (Å²) in [5, 5.41) is 0. The Morgan fingerprint density at radius 1 is 1.10 bits per heavy atom. The normalized spacial score (nSPS) is 10.3. The number of primary amides is 1. The molecule has 0 aliphatic carbocycles. The number of hydrogen-bond acceptors (Lipinski definition) is 4. The minimum atomic E-state index is -0.543. The lowest BCUT2D eigenvalue weighted by Gasteiger charge is -2.08. The van der Waals surface area contributed by atoms with Crippen LogP contribution >= 0.6 is 0 Å². The van der Waals surface area contributed by atoms with Gasteiger partial charge in [-0.25, -0.2) is 4.98 Å². The zero-order chi connectivity index (χ0) is 14.9. The molecule has 2 aromatic rings. The maximum Gasteiger partial charge on any atom is 0.254 e. The SMILES string of the molecule is NC(=O)c1cccnc1OCCCOCc1ccccc1. The molecular weight excluding hydrogens is 268 g/mol. The lowest BCUT2D eigenvalue weighted by atomic mass is 10.2. The Morgan fingerprint density at radius 2 is 1.90 bits per heavy atom. The summed E-state index contributed by atoms with van der Waals surface area (Å²) in [4.78, 5) is 15.2. The molecule has 0 saturated carbocycles. The van der Waals surface area contributed by atoms with Crippen LogP contribution in [0.3, 0.4) is 0 Å². The minimum absolute atomic E-state index is 0.271. The van der Waals surface area contributed by atoms with Crippen LogP contribution in [0.15, 0.2) is 48.7 Å². The first-order valence-corrected chi connectivity index (χ1v) is 6.76. The zero-order valence-electron chi connectivity index (χ0n) is 11.7. The fourth-order valence-corrected chi connectivity index (χ4v) is 1.79. The molecule has 0 bridgehead atoms. The van der Waals surface area contributed by atoms with Crippen LogP contribution < -0.4 is 10.5 Å². The molecule has 0 aliphatic heterocycles. The van der Waals surface area contributed by atoms with E-state index in [1.165, 1.54) is 0 Å². The van der Waals surface area contributed by atoms with Crippen LogP contribution in [-0.4, -0.2) is 24.1 Å². The van der Waals surface area contributed by atoms with Crippen molar-refractivity contribution in [2.24, 2.45) is 5.73 Å². The Kier molecular flexibility index (Phi) is 5.72. The Balaban J connectivity index is 1.67. The molecule has 0 atom stereocenters. The van der Waals surface area contributed by atoms with E-state index < -0.39 is 5.91 Å². The maximum atomic E-state index is 11.2. The molecule has 2 N–H and O–H groups in total. The van der Waals surface area contributed by atoms with Crippen LogP contribution in [0, 0.1) is 0 Å². The summed E-state index contributed by atoms with van der Waals surface area (Å²) < 4.78 is 11.0. The topological polar surface area (TPSA) is 74.4 Å². The smallest absolute Gasteiger partial charge is 0.254 e. The highest BCUT2D eigenvalue weighted by atomic mass is 16.5. The van der Waals surface area contributed by atoms with Crippen molar-refractivity contribution < 1.29 is 14.3 Å². The molecule has 5 heteroatoms. The third-order valence-electron chi connectivity index (χ3n) is 2.82. The van der Waals surface area contributed by atoms with Crippen molar-refractivity contribution in [2.75, 3.05) is 13.2 Å². The van der Waals surface area contributed by atoms with Crippen LogP contribution in [-0.2, 0) is 11.3 Å². The number of nitrogens with zero attached hydrogens (tertiary/aromatic N) is 1. The standard InChI is InChI=1S/C16H18N2O3/c17-15(19)14-8-4-9-18-16(14)21-11-5-10-20-12-13-6-2-1-3-7-13/h1-4,6-9H,5,10-12H2,(H2,17,19). The van der Waals surface area contributed by atoms with Gasteiger partial charge in [0, 0.05) is 12.6 Å². The second kappa shape index (κ2) is 8.01. The number of pyridine rings is 1. The van der Waals surface area contributed by atoms with Crippen molar-refractivity contribution >= 4 is 5.91 Å². The molecule has 2 rings (SSSR count). The van der Waals surface area contributed by atoms with Gasteiger partial charge in [-0.15, -0.1) is 0 Å². The molecule has 5 nitrogen and oxygen atoms in total. The number of carbonyl (C=O) groups is 1. The Hall–Kier alpha value is -2.40. The monoisotopic (exact) mass is 286 g/mol. The molecule has 0 spiro atoms. The summed E-state index contributed by atoms with van der Waals surface area (Å²) in [6, 6.07) is 13.2. The average molecular weight is 286 g/mol. The fraction of sp³-hybridized carbons (Fsp3) is 0.250. The van der Waals surface area contributed by atoms with Gasteiger partial charge in [-0.05, 0) is 17.7 Å². The van der Waals surface area contributed by atoms with Crippen molar-refractivity contribution in [3.8, 4) is 5.88 Å². The summed E-state index contributed by atoms with van der Waals surface area (Å²) in [6.45, 7) is 1.58. The predicted molar refractivity (Wildman–Crippen MR) is 79.0 cm³/mol. The van der Waals surface area contributed by atoms with E-state index in [2.05, 4.69) is 4.98 Å². The largest absolute Gasteiger partial charge is 0.477 e. The van der Waals surface area contributed by atoms with Crippen molar-refractivity contribution in [3.05, 3.63) is 59.8 Å². The molecule has 1 amide bonds. The number of nitrogens with two attached hydrogens (primary N) is 1. The van der Waals surface area contributed by atoms with E-state index in [1.807, 2.05) is 30.3 Å². The molecule has 0 radical (unpaired) electrons. The van der Waals surface area contributed by atoms with Crippen molar-refractivity contribution in [2.45, 2.75) is 13.0 Å². The predicted octanol–water partition coefficient (Wildman–Crippen LogP) is 2.17. The molecular formula is C16H18N2O3. The summed E-state index contributed by atoms with van der Waals surface area (Å²) in [6.07, 6.45) is 2.27. The summed E-state index contributed by atoms with van der Waals surface area (Å²) in [5.74, 6) is -0.272. The Bertz CT molecular complexity index is 573. The highest BCUT2D eigenvalue weighted by Crippen LogP contribution is 2.13. The first kappa shape index (κ1) is 15.0. The second-order valence-electron chi connectivity index (χ2n) is 4.46. The number of amides is 1. The van der Waals surface area contributed by atoms with Gasteiger partial charge >= 0.3 is 0 Å². The van der Waals surface area contributed by atoms with E-state index in [-0.39, 0.29) is 5.88 Å². The first-order valence-electron chi connectivity index (χ1n) is 6.76. The molecule has 0 aliphatic rings. The molecule has 1 aromatic carbocycles. The number of aromatic nitrogens is 1. The highest BCUT2D eigenvalue weighted by molar-refractivity contribution is 5.94. The third-order valence-corrected chi connectivity index (χ3v) is 2.82. The molecule has 110 valence electrons. The number of hydrogen-bond donors (Lipinski definition) is 1. The van der Waals surface area contributed by atoms with E-state index >= 15 is 0 Å². The van der Waals surface area contributed by atoms with Crippen LogP contribution in [0.2, 0.25) is 0 Å². The van der Waals surface area contributed by atoms with E-state index in [9.17, 15) is 4.79 Å². The molecule has 0 fully saturated rings. The van der Waals surface area contributed by atoms with E-state index in [1.54, 1.807) is 18.3 Å². The third kappa shape index (κ3) is 4.89. The van der Waals surface area contributed by atoms with Crippen LogP contribution in [0.4, 0.5) is 0 Å². The van der Waals surface area contributed by atoms with Gasteiger partial charge in [0.1, 0.15) is 5.56 Å². The van der Waals surface area contributed by atoms with E-state index in [0.29, 0.717) is 31.8 Å². The Morgan fingerprint density at radius 3 is 2.67 bits per heavy atom. The fourth-order valence-electron chi connectivity index (χ4n) is 1.79. The van der Waals surface area contributed by atoms with Gasteiger partial charge in [-0.1, -0.05) is 30.3 Å². The second-order valence-corrected chi connectivity index (χ2v) is 4.46. The van der Waals surface area contributed by atoms with Gasteiger partial charge in [-0.2, -0.15) is 0 Å². The number of rotatable bonds is 8. The van der Waals surface area contributed by atoms with Crippen LogP contribution in [0.5, 0.6) is 5.88 Å². The first-order chi connectivity index (χ1) is 10.3. The zero-order valence-corrected chi connectivity index (χ0v) is 11.7. The van der Waals surface area contributed by atoms with Gasteiger partial charge in [0.15, 0.2) is 0 Å². The van der Waals surface area contributed by atoms with E-state index in [4.69, 9.17) is 15.2 Å². The van der Waals surface area contributed by atoms with Gasteiger partial charge in [0.2, 0.25) is 5.88 Å². The average Bonchev–Trinajstić information content (AvgIpc) is 2.52. The maximum absolute atomic E-state index is 11.2. The lowest BCUT2D eigenvalue weighted by molar-refractivity contribution is 0.0987. The summed E-state index contributed by atoms with van der Waals surface area (Å²) in [5.41, 5.74) is 6.68. The van der Waals surface area contributed by atoms with Crippen molar-refractivity contribution in [3.63, 3.8) is 0 Å². The number of benzene rings is 1. The summed E-state index contributed by atoms with van der Waals surface area (Å²) >= 11 is 0. The quantitative estimate of drug-likeness (QED) is 0.755. The molecule has 0 unspecified atom stereocenters. The van der Waals surface area contributed by atoms with Crippen molar-refractivity contribution in [1.82, 2.24) is 4.98 Å². The van der Waals surface area contributed by atoms with Crippen LogP contribution in [0.1, 0.15) is 22.3 Å². The number of carbonyl (C=O) groups excluding carboxylic acids is 1. The van der Waals surface area contributed by atoms with Gasteiger partial charge in [0.25, 0.3) is 5.91 Å². The van der Waals surface area contributed by atoms with Gasteiger partial charge in [-0.3, -0.25) is 4.79 Å². The van der Waals surface area contributed by atoms with Crippen LogP contribution in [0.25, 0.3) is 0 Å². The van der Waals surface area contributed by atoms with Crippen molar-refractivity contribution in [1.29, 1.82) is 0 Å². The summed E-state index contributed by atoms with van der Waals surface area (Å²) in [7, 11) is 0. The minimum Gasteiger partial charge on any atom is -0.477 e. The molecule has 1 heterocycles. The van der Waals surface area contributed by atoms with Gasteiger partial charge in [0.05, 0.1) is 19.8 Å². The molecule has 1 aromatic heterocycles. The molecule has 21 heavy (non-hydrogen) atoms. The Labute approximate surface area is 123 Å². The lowest BCUT2D eigenvalue weighted by Crippen LogP contribution is -2.14.